The molecule has 1 aromatic carbocycles. The summed E-state index contributed by atoms with van der Waals surface area (Å²) in [6, 6.07) is 13.1. The van der Waals surface area contributed by atoms with Crippen molar-refractivity contribution in [2.24, 2.45) is 0 Å². The zero-order chi connectivity index (χ0) is 20.0. The van der Waals surface area contributed by atoms with Crippen LogP contribution in [0.4, 0.5) is 5.82 Å². The van der Waals surface area contributed by atoms with Gasteiger partial charge < -0.3 is 15.0 Å². The summed E-state index contributed by atoms with van der Waals surface area (Å²) in [5, 5.41) is 8.02. The minimum Gasteiger partial charge on any atom is -0.472 e. The van der Waals surface area contributed by atoms with E-state index in [-0.39, 0.29) is 5.54 Å². The van der Waals surface area contributed by atoms with E-state index in [9.17, 15) is 0 Å². The summed E-state index contributed by atoms with van der Waals surface area (Å²) in [4.78, 5) is 7.21. The molecule has 3 aromatic rings. The molecule has 2 aliphatic rings. The summed E-state index contributed by atoms with van der Waals surface area (Å²) < 4.78 is 7.91. The molecule has 0 radical (unpaired) electrons. The molecule has 0 bridgehead atoms. The number of ether oxygens (including phenoxy) is 1. The summed E-state index contributed by atoms with van der Waals surface area (Å²) in [5.74, 6) is 1.73. The van der Waals surface area contributed by atoms with Crippen molar-refractivity contribution in [2.75, 3.05) is 18.0 Å². The minimum absolute atomic E-state index is 0.131. The average molecular weight is 390 g/mol. The summed E-state index contributed by atoms with van der Waals surface area (Å²) in [6.45, 7) is 9.18. The molecule has 5 rings (SSSR count). The molecular formula is C23H27N5O. The lowest BCUT2D eigenvalue weighted by Gasteiger charge is -2.26. The fraction of sp³-hybridized carbons (Fsp3) is 0.391. The van der Waals surface area contributed by atoms with Crippen LogP contribution in [0.25, 0.3) is 16.8 Å². The van der Waals surface area contributed by atoms with E-state index in [0.717, 1.165) is 48.0 Å². The highest BCUT2D eigenvalue weighted by Gasteiger charge is 2.28. The van der Waals surface area contributed by atoms with Crippen molar-refractivity contribution in [3.63, 3.8) is 0 Å². The van der Waals surface area contributed by atoms with E-state index in [4.69, 9.17) is 9.72 Å². The fourth-order valence-corrected chi connectivity index (χ4v) is 4.29. The molecule has 0 spiro atoms. The van der Waals surface area contributed by atoms with Gasteiger partial charge in [0, 0.05) is 42.6 Å². The number of rotatable bonds is 3. The second kappa shape index (κ2) is 6.88. The zero-order valence-electron chi connectivity index (χ0n) is 17.2. The molecule has 4 heterocycles. The first kappa shape index (κ1) is 18.2. The van der Waals surface area contributed by atoms with E-state index >= 15 is 0 Å². The molecule has 6 heteroatoms. The van der Waals surface area contributed by atoms with Gasteiger partial charge in [0.2, 0.25) is 5.88 Å². The molecular weight excluding hydrogens is 362 g/mol. The number of nitrogens with zero attached hydrogens (tertiary/aromatic N) is 4. The monoisotopic (exact) mass is 389 g/mol. The van der Waals surface area contributed by atoms with Gasteiger partial charge in [-0.1, -0.05) is 6.07 Å². The Balaban J connectivity index is 1.38. The molecule has 0 amide bonds. The summed E-state index contributed by atoms with van der Waals surface area (Å²) >= 11 is 0. The second-order valence-electron chi connectivity index (χ2n) is 8.93. The van der Waals surface area contributed by atoms with Gasteiger partial charge in [0.1, 0.15) is 12.4 Å². The lowest BCUT2D eigenvalue weighted by molar-refractivity contribution is 0.290. The Morgan fingerprint density at radius 1 is 1.14 bits per heavy atom. The van der Waals surface area contributed by atoms with E-state index in [1.54, 1.807) is 6.20 Å². The van der Waals surface area contributed by atoms with Gasteiger partial charge in [-0.2, -0.15) is 10.1 Å². The maximum absolute atomic E-state index is 6.05. The van der Waals surface area contributed by atoms with Gasteiger partial charge in [-0.3, -0.25) is 0 Å². The number of hydrogen-bond donors (Lipinski definition) is 1. The van der Waals surface area contributed by atoms with E-state index in [1.807, 2.05) is 16.9 Å². The van der Waals surface area contributed by atoms with Gasteiger partial charge in [0.15, 0.2) is 0 Å². The van der Waals surface area contributed by atoms with Crippen molar-refractivity contribution < 1.29 is 4.74 Å². The normalized spacial score (nSPS) is 18.3. The van der Waals surface area contributed by atoms with E-state index in [0.29, 0.717) is 12.6 Å². The molecule has 1 unspecified atom stereocenters. The molecule has 6 nitrogen and oxygen atoms in total. The van der Waals surface area contributed by atoms with Gasteiger partial charge in [0.05, 0.1) is 5.69 Å². The van der Waals surface area contributed by atoms with E-state index < -0.39 is 0 Å². The lowest BCUT2D eigenvalue weighted by atomic mass is 9.98. The maximum atomic E-state index is 6.05. The van der Waals surface area contributed by atoms with Crippen molar-refractivity contribution in [3.05, 3.63) is 54.4 Å². The minimum atomic E-state index is 0.131. The predicted octanol–water partition coefficient (Wildman–Crippen LogP) is 3.79. The van der Waals surface area contributed by atoms with Gasteiger partial charge in [-0.05, 0) is 68.7 Å². The summed E-state index contributed by atoms with van der Waals surface area (Å²) in [6.07, 6.45) is 4.87. The first-order valence-corrected chi connectivity index (χ1v) is 10.3. The molecule has 0 saturated carbocycles. The third-order valence-corrected chi connectivity index (χ3v) is 5.51. The van der Waals surface area contributed by atoms with E-state index in [1.165, 1.54) is 5.56 Å². The quantitative estimate of drug-likeness (QED) is 0.739. The molecule has 0 aliphatic carbocycles. The second-order valence-corrected chi connectivity index (χ2v) is 8.93. The predicted molar refractivity (Wildman–Crippen MR) is 115 cm³/mol. The summed E-state index contributed by atoms with van der Waals surface area (Å²) in [5.41, 5.74) is 4.59. The molecule has 29 heavy (non-hydrogen) atoms. The van der Waals surface area contributed by atoms with Gasteiger partial charge in [-0.15, -0.1) is 0 Å². The molecule has 1 fully saturated rings. The number of hydrogen-bond acceptors (Lipinski definition) is 5. The Hall–Kier alpha value is -2.86. The van der Waals surface area contributed by atoms with Crippen molar-refractivity contribution in [2.45, 2.75) is 45.4 Å². The third-order valence-electron chi connectivity index (χ3n) is 5.51. The molecule has 150 valence electrons. The van der Waals surface area contributed by atoms with Gasteiger partial charge in [0.25, 0.3) is 0 Å². The highest BCUT2D eigenvalue weighted by atomic mass is 16.5. The van der Waals surface area contributed by atoms with Crippen molar-refractivity contribution in [1.82, 2.24) is 20.1 Å². The van der Waals surface area contributed by atoms with E-state index in [2.05, 4.69) is 66.4 Å². The zero-order valence-corrected chi connectivity index (χ0v) is 17.2. The van der Waals surface area contributed by atoms with Crippen molar-refractivity contribution in [3.8, 4) is 22.7 Å². The Morgan fingerprint density at radius 3 is 2.79 bits per heavy atom. The van der Waals surface area contributed by atoms with Crippen LogP contribution in [0.3, 0.4) is 0 Å². The third kappa shape index (κ3) is 3.60. The average Bonchev–Trinajstić information content (AvgIpc) is 3.38. The Kier molecular flexibility index (Phi) is 4.32. The number of aromatic nitrogens is 3. The smallest absolute Gasteiger partial charge is 0.223 e. The van der Waals surface area contributed by atoms with Crippen LogP contribution < -0.4 is 15.0 Å². The van der Waals surface area contributed by atoms with Crippen LogP contribution in [-0.4, -0.2) is 39.4 Å². The SMILES string of the molecule is CC(C)(C)NC1CCN(c2ccc3c(n2)OCc2cc(-n4cccn4)ccc2-3)C1. The molecule has 1 N–H and O–H groups in total. The van der Waals surface area contributed by atoms with Crippen molar-refractivity contribution >= 4 is 5.82 Å². The van der Waals surface area contributed by atoms with Crippen LogP contribution >= 0.6 is 0 Å². The molecule has 1 atom stereocenters. The van der Waals surface area contributed by atoms with Crippen LogP contribution in [0.5, 0.6) is 5.88 Å². The maximum Gasteiger partial charge on any atom is 0.223 e. The first-order chi connectivity index (χ1) is 14.0. The van der Waals surface area contributed by atoms with Gasteiger partial charge >= 0.3 is 0 Å². The molecule has 1 saturated heterocycles. The van der Waals surface area contributed by atoms with Crippen LogP contribution in [0.2, 0.25) is 0 Å². The highest BCUT2D eigenvalue weighted by molar-refractivity contribution is 5.75. The number of fused-ring (bicyclic) bond motifs is 3. The molecule has 2 aromatic heterocycles. The van der Waals surface area contributed by atoms with Crippen LogP contribution in [0, 0.1) is 0 Å². The van der Waals surface area contributed by atoms with Crippen molar-refractivity contribution in [1.29, 1.82) is 0 Å². The van der Waals surface area contributed by atoms with Gasteiger partial charge in [-0.25, -0.2) is 4.68 Å². The lowest BCUT2D eigenvalue weighted by Crippen LogP contribution is -2.44. The largest absolute Gasteiger partial charge is 0.472 e. The number of anilines is 1. The topological polar surface area (TPSA) is 55.2 Å². The first-order valence-electron chi connectivity index (χ1n) is 10.3. The fourth-order valence-electron chi connectivity index (χ4n) is 4.29. The standard InChI is InChI=1S/C23H27N5O/c1-23(2,3)26-17-9-12-27(14-17)21-8-7-20-19-6-5-18(28-11-4-10-24-28)13-16(19)15-29-22(20)25-21/h4-8,10-11,13,17,26H,9,12,14-15H2,1-3H3. The Bertz CT molecular complexity index is 1020. The van der Waals surface area contributed by atoms with Crippen LogP contribution in [0.1, 0.15) is 32.8 Å². The highest BCUT2D eigenvalue weighted by Crippen LogP contribution is 2.38. The summed E-state index contributed by atoms with van der Waals surface area (Å²) in [7, 11) is 0. The Morgan fingerprint density at radius 2 is 2.00 bits per heavy atom. The van der Waals surface area contributed by atoms with Crippen LogP contribution in [-0.2, 0) is 6.61 Å². The van der Waals surface area contributed by atoms with Crippen LogP contribution in [0.15, 0.2) is 48.8 Å². The Labute approximate surface area is 171 Å². The number of pyridine rings is 1. The number of benzene rings is 1. The molecule has 2 aliphatic heterocycles. The number of nitrogens with one attached hydrogen (secondary N) is 1.